The Morgan fingerprint density at radius 1 is 1.23 bits per heavy atom. The van der Waals surface area contributed by atoms with Gasteiger partial charge in [0.2, 0.25) is 5.95 Å². The number of Topliss-reactive ketones (excluding diaryl/α,β-unsaturated/α-hetero) is 1. The molecule has 1 unspecified atom stereocenters. The molecule has 3 aliphatic rings. The third kappa shape index (κ3) is 3.25. The van der Waals surface area contributed by atoms with E-state index in [1.165, 1.54) is 0 Å². The minimum atomic E-state index is -0.366. The predicted octanol–water partition coefficient (Wildman–Crippen LogP) is 3.24. The number of ether oxygens (including phenoxy) is 3. The number of rotatable bonds is 3. The lowest BCUT2D eigenvalue weighted by Crippen LogP contribution is -2.36. The number of benzene rings is 1. The standard InChI is InChI=1S/C22H26N4O4/c1-22(2)10-14-19(15(27)11-22)20(26-21(23-14)24-18(25-26)12-28-3)13-5-6-16-17(9-13)30-8-4-7-29-16/h5-6,9,20H,4,7-8,10-12H2,1-3H3,(H,23,24,25). The topological polar surface area (TPSA) is 87.5 Å². The molecule has 0 saturated carbocycles. The summed E-state index contributed by atoms with van der Waals surface area (Å²) in [5.74, 6) is 2.78. The lowest BCUT2D eigenvalue weighted by molar-refractivity contribution is -0.118. The van der Waals surface area contributed by atoms with Crippen LogP contribution >= 0.6 is 0 Å². The third-order valence-electron chi connectivity index (χ3n) is 5.74. The van der Waals surface area contributed by atoms with Crippen LogP contribution in [0.15, 0.2) is 29.5 Å². The molecule has 30 heavy (non-hydrogen) atoms. The second-order valence-corrected chi connectivity index (χ2v) is 8.85. The van der Waals surface area contributed by atoms with E-state index in [0.717, 1.165) is 35.4 Å². The number of anilines is 1. The van der Waals surface area contributed by atoms with Crippen LogP contribution in [0.1, 0.15) is 50.5 Å². The Morgan fingerprint density at radius 2 is 2.03 bits per heavy atom. The Morgan fingerprint density at radius 3 is 2.83 bits per heavy atom. The summed E-state index contributed by atoms with van der Waals surface area (Å²) in [4.78, 5) is 17.9. The second kappa shape index (κ2) is 7.12. The Labute approximate surface area is 175 Å². The summed E-state index contributed by atoms with van der Waals surface area (Å²) in [5, 5.41) is 8.02. The molecule has 1 aromatic heterocycles. The third-order valence-corrected chi connectivity index (χ3v) is 5.74. The minimum Gasteiger partial charge on any atom is -0.490 e. The van der Waals surface area contributed by atoms with Gasteiger partial charge in [0.25, 0.3) is 0 Å². The smallest absolute Gasteiger partial charge is 0.226 e. The number of fused-ring (bicyclic) bond motifs is 2. The zero-order valence-corrected chi connectivity index (χ0v) is 17.5. The van der Waals surface area contributed by atoms with Gasteiger partial charge in [-0.2, -0.15) is 10.1 Å². The van der Waals surface area contributed by atoms with Gasteiger partial charge in [-0.1, -0.05) is 19.9 Å². The lowest BCUT2D eigenvalue weighted by Gasteiger charge is -2.38. The summed E-state index contributed by atoms with van der Waals surface area (Å²) in [6.45, 7) is 5.79. The number of carbonyl (C=O) groups is 1. The highest BCUT2D eigenvalue weighted by Gasteiger charge is 2.42. The maximum Gasteiger partial charge on any atom is 0.226 e. The molecule has 1 aromatic carbocycles. The van der Waals surface area contributed by atoms with Crippen molar-refractivity contribution in [2.75, 3.05) is 25.6 Å². The first-order valence-electron chi connectivity index (χ1n) is 10.3. The fourth-order valence-electron chi connectivity index (χ4n) is 4.50. The summed E-state index contributed by atoms with van der Waals surface area (Å²) >= 11 is 0. The summed E-state index contributed by atoms with van der Waals surface area (Å²) in [5.41, 5.74) is 2.51. The predicted molar refractivity (Wildman–Crippen MR) is 110 cm³/mol. The van der Waals surface area contributed by atoms with Gasteiger partial charge >= 0.3 is 0 Å². The van der Waals surface area contributed by atoms with Gasteiger partial charge in [-0.05, 0) is 29.5 Å². The highest BCUT2D eigenvalue weighted by molar-refractivity contribution is 6.00. The molecule has 0 spiro atoms. The molecule has 2 aromatic rings. The van der Waals surface area contributed by atoms with Crippen molar-refractivity contribution in [3.8, 4) is 11.5 Å². The molecule has 158 valence electrons. The Balaban J connectivity index is 1.65. The number of nitrogens with zero attached hydrogens (tertiary/aromatic N) is 3. The fraction of sp³-hybridized carbons (Fsp3) is 0.500. The molecule has 0 fully saturated rings. The van der Waals surface area contributed by atoms with Gasteiger partial charge in [0.05, 0.1) is 13.2 Å². The summed E-state index contributed by atoms with van der Waals surface area (Å²) in [6, 6.07) is 5.51. The number of aromatic nitrogens is 3. The first kappa shape index (κ1) is 19.1. The van der Waals surface area contributed by atoms with Crippen molar-refractivity contribution in [3.05, 3.63) is 40.9 Å². The maximum atomic E-state index is 13.3. The van der Waals surface area contributed by atoms with Crippen molar-refractivity contribution < 1.29 is 19.0 Å². The van der Waals surface area contributed by atoms with Crippen LogP contribution in [0.3, 0.4) is 0 Å². The van der Waals surface area contributed by atoms with E-state index in [4.69, 9.17) is 14.2 Å². The van der Waals surface area contributed by atoms with Crippen molar-refractivity contribution in [1.29, 1.82) is 0 Å². The molecule has 2 aliphatic heterocycles. The van der Waals surface area contributed by atoms with Crippen molar-refractivity contribution in [1.82, 2.24) is 14.8 Å². The molecular formula is C22H26N4O4. The average Bonchev–Trinajstić information content (AvgIpc) is 2.92. The molecular weight excluding hydrogens is 384 g/mol. The number of ketones is 1. The number of hydrogen-bond donors (Lipinski definition) is 1. The highest BCUT2D eigenvalue weighted by Crippen LogP contribution is 2.46. The number of allylic oxidation sites excluding steroid dienone is 2. The zero-order chi connectivity index (χ0) is 20.9. The molecule has 5 rings (SSSR count). The van der Waals surface area contributed by atoms with Crippen molar-refractivity contribution in [2.24, 2.45) is 5.41 Å². The maximum absolute atomic E-state index is 13.3. The van der Waals surface area contributed by atoms with Crippen LogP contribution in [0.25, 0.3) is 0 Å². The van der Waals surface area contributed by atoms with Crippen molar-refractivity contribution in [2.45, 2.75) is 45.8 Å². The first-order valence-corrected chi connectivity index (χ1v) is 10.3. The van der Waals surface area contributed by atoms with Crippen LogP contribution in [-0.2, 0) is 16.1 Å². The van der Waals surface area contributed by atoms with E-state index in [0.29, 0.717) is 43.8 Å². The number of hydrogen-bond acceptors (Lipinski definition) is 7. The van der Waals surface area contributed by atoms with Crippen molar-refractivity contribution in [3.63, 3.8) is 0 Å². The molecule has 0 amide bonds. The molecule has 1 aliphatic carbocycles. The molecule has 8 heteroatoms. The average molecular weight is 410 g/mol. The summed E-state index contributed by atoms with van der Waals surface area (Å²) < 4.78 is 18.7. The van der Waals surface area contributed by atoms with E-state index in [1.807, 2.05) is 18.2 Å². The number of carbonyl (C=O) groups excluding carboxylic acids is 1. The quantitative estimate of drug-likeness (QED) is 0.831. The summed E-state index contributed by atoms with van der Waals surface area (Å²) in [6.07, 6.45) is 2.12. The number of nitrogens with one attached hydrogen (secondary N) is 1. The van der Waals surface area contributed by atoms with Gasteiger partial charge in [-0.3, -0.25) is 4.79 Å². The van der Waals surface area contributed by atoms with Crippen LogP contribution in [-0.4, -0.2) is 40.9 Å². The van der Waals surface area contributed by atoms with Gasteiger partial charge in [0.15, 0.2) is 23.1 Å². The van der Waals surface area contributed by atoms with Crippen LogP contribution in [0.5, 0.6) is 11.5 Å². The highest BCUT2D eigenvalue weighted by atomic mass is 16.5. The first-order chi connectivity index (χ1) is 14.4. The Bertz CT molecular complexity index is 1040. The SMILES string of the molecule is COCc1nc2n(n1)C(c1ccc3c(c1)OCCCO3)C1=C(CC(C)(C)CC1=O)N2. The van der Waals surface area contributed by atoms with Crippen molar-refractivity contribution >= 4 is 11.7 Å². The van der Waals surface area contributed by atoms with E-state index in [2.05, 4.69) is 29.2 Å². The molecule has 0 radical (unpaired) electrons. The largest absolute Gasteiger partial charge is 0.490 e. The van der Waals surface area contributed by atoms with E-state index in [1.54, 1.807) is 11.8 Å². The fourth-order valence-corrected chi connectivity index (χ4v) is 4.50. The monoisotopic (exact) mass is 410 g/mol. The second-order valence-electron chi connectivity index (χ2n) is 8.85. The van der Waals surface area contributed by atoms with E-state index >= 15 is 0 Å². The Kier molecular flexibility index (Phi) is 4.54. The van der Waals surface area contributed by atoms with Crippen LogP contribution in [0.4, 0.5) is 5.95 Å². The Hall–Kier alpha value is -2.87. The van der Waals surface area contributed by atoms with Gasteiger partial charge in [0, 0.05) is 31.2 Å². The summed E-state index contributed by atoms with van der Waals surface area (Å²) in [7, 11) is 1.62. The normalized spacial score (nSPS) is 22.1. The minimum absolute atomic E-state index is 0.101. The van der Waals surface area contributed by atoms with Crippen LogP contribution in [0, 0.1) is 5.41 Å². The molecule has 3 heterocycles. The van der Waals surface area contributed by atoms with Gasteiger partial charge in [0.1, 0.15) is 12.6 Å². The van der Waals surface area contributed by atoms with Crippen LogP contribution < -0.4 is 14.8 Å². The lowest BCUT2D eigenvalue weighted by atomic mass is 9.73. The van der Waals surface area contributed by atoms with Gasteiger partial charge in [-0.15, -0.1) is 0 Å². The molecule has 0 bridgehead atoms. The van der Waals surface area contributed by atoms with Gasteiger partial charge < -0.3 is 19.5 Å². The molecule has 1 atom stereocenters. The van der Waals surface area contributed by atoms with E-state index in [9.17, 15) is 4.79 Å². The van der Waals surface area contributed by atoms with E-state index in [-0.39, 0.29) is 17.2 Å². The number of methoxy groups -OCH3 is 1. The zero-order valence-electron chi connectivity index (χ0n) is 17.5. The van der Waals surface area contributed by atoms with Gasteiger partial charge in [-0.25, -0.2) is 4.68 Å². The molecule has 0 saturated heterocycles. The van der Waals surface area contributed by atoms with Crippen LogP contribution in [0.2, 0.25) is 0 Å². The molecule has 8 nitrogen and oxygen atoms in total. The molecule has 1 N–H and O–H groups in total. The van der Waals surface area contributed by atoms with E-state index < -0.39 is 0 Å².